The highest BCUT2D eigenvalue weighted by Crippen LogP contribution is 2.29. The molecule has 0 saturated heterocycles. The molecule has 3 rings (SSSR count). The first-order chi connectivity index (χ1) is 12.9. The maximum Gasteiger partial charge on any atom is 0.267 e. The zero-order valence-corrected chi connectivity index (χ0v) is 14.9. The molecule has 0 fully saturated rings. The van der Waals surface area contributed by atoms with Crippen molar-refractivity contribution >= 4 is 28.8 Å². The summed E-state index contributed by atoms with van der Waals surface area (Å²) in [4.78, 5) is 26.1. The van der Waals surface area contributed by atoms with Crippen LogP contribution in [0.5, 0.6) is 0 Å². The molecule has 9 heteroatoms. The summed E-state index contributed by atoms with van der Waals surface area (Å²) in [6.45, 7) is 4.09. The normalized spacial score (nSPS) is 12.7. The number of nitrogens with zero attached hydrogens (tertiary/aromatic N) is 3. The van der Waals surface area contributed by atoms with Crippen LogP contribution in [0.4, 0.5) is 0 Å². The Morgan fingerprint density at radius 3 is 2.81 bits per heavy atom. The maximum absolute atomic E-state index is 11.7. The minimum atomic E-state index is -0.653. The second-order valence-electron chi connectivity index (χ2n) is 6.48. The van der Waals surface area contributed by atoms with Crippen LogP contribution in [0.2, 0.25) is 0 Å². The van der Waals surface area contributed by atoms with E-state index in [2.05, 4.69) is 15.3 Å². The number of hydrogen-bond donors (Lipinski definition) is 4. The molecule has 2 amide bonds. The third kappa shape index (κ3) is 3.72. The minimum absolute atomic E-state index is 0.161. The molecule has 1 unspecified atom stereocenters. The number of aromatic nitrogens is 4. The van der Waals surface area contributed by atoms with Crippen LogP contribution in [-0.4, -0.2) is 37.0 Å². The summed E-state index contributed by atoms with van der Waals surface area (Å²) in [5, 5.41) is 17.5. The van der Waals surface area contributed by atoms with Gasteiger partial charge in [-0.2, -0.15) is 0 Å². The van der Waals surface area contributed by atoms with Gasteiger partial charge in [-0.15, -0.1) is 5.10 Å². The molecule has 0 aliphatic carbocycles. The van der Waals surface area contributed by atoms with Crippen LogP contribution in [0.25, 0.3) is 17.0 Å². The Hall–Kier alpha value is -3.46. The molecular weight excluding hydrogens is 348 g/mol. The highest BCUT2D eigenvalue weighted by atomic mass is 16.5. The van der Waals surface area contributed by atoms with Crippen LogP contribution in [0, 0.1) is 5.92 Å². The standard InChI is InChI=1S/C18H20N6O3/c1-10(2)17(24-9-11(21-23-24)6-7-16(25)22-27)15-8-13-12(18(19)26)4-3-5-14(13)20-15/h3-10,17,20,27H,1-2H3,(H2,19,26)(H,22,25)/b7-6+. The number of H-pyrrole nitrogens is 1. The van der Waals surface area contributed by atoms with Gasteiger partial charge in [0.1, 0.15) is 5.69 Å². The molecule has 0 aliphatic rings. The molecule has 2 aromatic heterocycles. The Bertz CT molecular complexity index is 1020. The van der Waals surface area contributed by atoms with Crippen LogP contribution in [-0.2, 0) is 4.79 Å². The van der Waals surface area contributed by atoms with E-state index in [4.69, 9.17) is 10.9 Å². The second-order valence-corrected chi connectivity index (χ2v) is 6.48. The smallest absolute Gasteiger partial charge is 0.267 e. The molecule has 0 spiro atoms. The largest absolute Gasteiger partial charge is 0.366 e. The minimum Gasteiger partial charge on any atom is -0.366 e. The van der Waals surface area contributed by atoms with E-state index >= 15 is 0 Å². The van der Waals surface area contributed by atoms with Gasteiger partial charge in [0.15, 0.2) is 0 Å². The van der Waals surface area contributed by atoms with Crippen molar-refractivity contribution in [1.29, 1.82) is 0 Å². The Kier molecular flexibility index (Phi) is 5.04. The Balaban J connectivity index is 2.00. The number of carbonyl (C=O) groups excluding carboxylic acids is 2. The predicted molar refractivity (Wildman–Crippen MR) is 98.8 cm³/mol. The van der Waals surface area contributed by atoms with Gasteiger partial charge < -0.3 is 10.7 Å². The van der Waals surface area contributed by atoms with Crippen molar-refractivity contribution in [3.05, 3.63) is 53.5 Å². The van der Waals surface area contributed by atoms with Gasteiger partial charge in [0, 0.05) is 28.2 Å². The topological polar surface area (TPSA) is 139 Å². The molecule has 9 nitrogen and oxygen atoms in total. The number of primary amides is 1. The third-order valence-electron chi connectivity index (χ3n) is 4.23. The lowest BCUT2D eigenvalue weighted by atomic mass is 10.0. The molecule has 0 radical (unpaired) electrons. The number of amides is 2. The van der Waals surface area contributed by atoms with E-state index in [9.17, 15) is 9.59 Å². The molecule has 27 heavy (non-hydrogen) atoms. The molecule has 0 aliphatic heterocycles. The summed E-state index contributed by atoms with van der Waals surface area (Å²) >= 11 is 0. The van der Waals surface area contributed by atoms with Crippen molar-refractivity contribution in [1.82, 2.24) is 25.5 Å². The number of benzene rings is 1. The van der Waals surface area contributed by atoms with Crippen molar-refractivity contribution in [2.24, 2.45) is 11.7 Å². The first-order valence-corrected chi connectivity index (χ1v) is 8.36. The summed E-state index contributed by atoms with van der Waals surface area (Å²) in [6, 6.07) is 7.08. The predicted octanol–water partition coefficient (Wildman–Crippen LogP) is 1.62. The summed E-state index contributed by atoms with van der Waals surface area (Å²) in [6.07, 6.45) is 4.30. The van der Waals surface area contributed by atoms with Crippen LogP contribution < -0.4 is 11.2 Å². The van der Waals surface area contributed by atoms with E-state index < -0.39 is 11.8 Å². The number of hydroxylamine groups is 1. The maximum atomic E-state index is 11.7. The Labute approximate surface area is 154 Å². The molecule has 140 valence electrons. The molecule has 2 heterocycles. The van der Waals surface area contributed by atoms with E-state index in [1.54, 1.807) is 23.0 Å². The van der Waals surface area contributed by atoms with Gasteiger partial charge in [0.2, 0.25) is 5.91 Å². The number of fused-ring (bicyclic) bond motifs is 1. The van der Waals surface area contributed by atoms with Crippen molar-refractivity contribution in [3.8, 4) is 0 Å². The number of carbonyl (C=O) groups is 2. The van der Waals surface area contributed by atoms with E-state index in [-0.39, 0.29) is 12.0 Å². The lowest BCUT2D eigenvalue weighted by molar-refractivity contribution is -0.124. The van der Waals surface area contributed by atoms with E-state index in [1.807, 2.05) is 26.0 Å². The van der Waals surface area contributed by atoms with Crippen molar-refractivity contribution < 1.29 is 14.8 Å². The number of nitrogens with two attached hydrogens (primary N) is 1. The molecule has 3 aromatic rings. The monoisotopic (exact) mass is 368 g/mol. The fourth-order valence-electron chi connectivity index (χ4n) is 3.06. The summed E-state index contributed by atoms with van der Waals surface area (Å²) in [5.41, 5.74) is 9.58. The molecule has 0 bridgehead atoms. The van der Waals surface area contributed by atoms with Gasteiger partial charge in [0.25, 0.3) is 5.91 Å². The zero-order valence-electron chi connectivity index (χ0n) is 14.9. The first kappa shape index (κ1) is 18.3. The lowest BCUT2D eigenvalue weighted by Crippen LogP contribution is -2.17. The van der Waals surface area contributed by atoms with Crippen LogP contribution in [0.3, 0.4) is 0 Å². The molecule has 5 N–H and O–H groups in total. The van der Waals surface area contributed by atoms with Crippen LogP contribution in [0.1, 0.15) is 41.6 Å². The van der Waals surface area contributed by atoms with Gasteiger partial charge in [-0.05, 0) is 30.2 Å². The zero-order chi connectivity index (χ0) is 19.6. The van der Waals surface area contributed by atoms with Crippen molar-refractivity contribution in [3.63, 3.8) is 0 Å². The number of nitrogens with one attached hydrogen (secondary N) is 2. The van der Waals surface area contributed by atoms with Gasteiger partial charge in [-0.3, -0.25) is 14.8 Å². The van der Waals surface area contributed by atoms with Crippen molar-refractivity contribution in [2.75, 3.05) is 0 Å². The molecule has 1 aromatic carbocycles. The summed E-state index contributed by atoms with van der Waals surface area (Å²) in [7, 11) is 0. The second kappa shape index (κ2) is 7.42. The highest BCUT2D eigenvalue weighted by molar-refractivity contribution is 6.05. The summed E-state index contributed by atoms with van der Waals surface area (Å²) in [5.74, 6) is -0.975. The van der Waals surface area contributed by atoms with Crippen molar-refractivity contribution in [2.45, 2.75) is 19.9 Å². The van der Waals surface area contributed by atoms with Gasteiger partial charge in [-0.25, -0.2) is 10.2 Å². The lowest BCUT2D eigenvalue weighted by Gasteiger charge is -2.19. The quantitative estimate of drug-likeness (QED) is 0.297. The average Bonchev–Trinajstić information content (AvgIpc) is 3.25. The Morgan fingerprint density at radius 2 is 2.15 bits per heavy atom. The fourth-order valence-corrected chi connectivity index (χ4v) is 3.06. The SMILES string of the molecule is CC(C)C(c1cc2c(C(N)=O)cccc2[nH]1)n1cc(/C=C/C(=O)NO)nn1. The molecule has 0 saturated carbocycles. The van der Waals surface area contributed by atoms with Gasteiger partial charge in [-0.1, -0.05) is 25.1 Å². The molecule has 1 atom stereocenters. The van der Waals surface area contributed by atoms with E-state index in [1.165, 1.54) is 11.6 Å². The number of hydrogen-bond acceptors (Lipinski definition) is 5. The average molecular weight is 368 g/mol. The molecular formula is C18H20N6O3. The van der Waals surface area contributed by atoms with Gasteiger partial charge in [0.05, 0.1) is 12.2 Å². The number of aromatic amines is 1. The third-order valence-corrected chi connectivity index (χ3v) is 4.23. The van der Waals surface area contributed by atoms with Crippen LogP contribution in [0.15, 0.2) is 36.5 Å². The van der Waals surface area contributed by atoms with Gasteiger partial charge >= 0.3 is 0 Å². The van der Waals surface area contributed by atoms with E-state index in [0.717, 1.165) is 22.7 Å². The van der Waals surface area contributed by atoms with Crippen LogP contribution >= 0.6 is 0 Å². The first-order valence-electron chi connectivity index (χ1n) is 8.36. The Morgan fingerprint density at radius 1 is 1.37 bits per heavy atom. The van der Waals surface area contributed by atoms with E-state index in [0.29, 0.717) is 11.3 Å². The fraction of sp³-hybridized carbons (Fsp3) is 0.222. The summed E-state index contributed by atoms with van der Waals surface area (Å²) < 4.78 is 1.69. The highest BCUT2D eigenvalue weighted by Gasteiger charge is 2.22. The number of rotatable bonds is 6.